The third-order valence-electron chi connectivity index (χ3n) is 1.23. The van der Waals surface area contributed by atoms with E-state index in [1.807, 2.05) is 0 Å². The molecular weight excluding hydrogens is 210 g/mol. The van der Waals surface area contributed by atoms with E-state index in [4.69, 9.17) is 10.2 Å². The fourth-order valence-electron chi connectivity index (χ4n) is 0.673. The molecule has 1 rings (SSSR count). The van der Waals surface area contributed by atoms with Crippen LogP contribution in [0.2, 0.25) is 0 Å². The Labute approximate surface area is 125 Å². The summed E-state index contributed by atoms with van der Waals surface area (Å²) in [5, 5.41) is 17.1. The van der Waals surface area contributed by atoms with Crippen LogP contribution in [0.1, 0.15) is 0 Å². The summed E-state index contributed by atoms with van der Waals surface area (Å²) in [5.74, 6) is -1.22. The number of carboxylic acid groups (broad SMARTS) is 1. The van der Waals surface area contributed by atoms with E-state index in [2.05, 4.69) is 4.98 Å². The Morgan fingerprint density at radius 2 is 2.07 bits per heavy atom. The third-order valence-corrected chi connectivity index (χ3v) is 1.23. The molecule has 0 bridgehead atoms. The Bertz CT molecular complexity index is 242. The van der Waals surface area contributed by atoms with Crippen molar-refractivity contribution in [2.75, 3.05) is 0 Å². The average molecular weight is 222 g/mol. The first kappa shape index (κ1) is 20.1. The standard InChI is InChI=1S/C6H8N2O3.2Na.H2O.2H/c9-5(6(10)11)3-8-2-1-7-4-8;;;;;/h1-2,4-5,9H,3H2,(H,10,11);;;1H2;;. The van der Waals surface area contributed by atoms with E-state index in [9.17, 15) is 4.79 Å². The molecule has 1 aromatic rings. The average Bonchev–Trinajstić information content (AvgIpc) is 2.39. The molecule has 0 fully saturated rings. The van der Waals surface area contributed by atoms with E-state index >= 15 is 0 Å². The molecule has 0 amide bonds. The first-order valence-electron chi connectivity index (χ1n) is 3.07. The van der Waals surface area contributed by atoms with E-state index in [1.54, 1.807) is 6.20 Å². The predicted molar refractivity (Wildman–Crippen MR) is 53.8 cm³/mol. The van der Waals surface area contributed by atoms with Gasteiger partial charge in [0.25, 0.3) is 0 Å². The van der Waals surface area contributed by atoms with Crippen molar-refractivity contribution in [1.82, 2.24) is 9.55 Å². The van der Waals surface area contributed by atoms with Crippen molar-refractivity contribution < 1.29 is 20.5 Å². The number of rotatable bonds is 3. The van der Waals surface area contributed by atoms with Crippen LogP contribution in [0, 0.1) is 0 Å². The second-order valence-corrected chi connectivity index (χ2v) is 2.11. The summed E-state index contributed by atoms with van der Waals surface area (Å²) < 4.78 is 1.50. The molecule has 0 spiro atoms. The van der Waals surface area contributed by atoms with Gasteiger partial charge in [-0.3, -0.25) is 0 Å². The van der Waals surface area contributed by atoms with E-state index < -0.39 is 12.1 Å². The minimum atomic E-state index is -1.36. The van der Waals surface area contributed by atoms with E-state index in [1.165, 1.54) is 17.1 Å². The molecule has 72 valence electrons. The maximum atomic E-state index is 10.1. The van der Waals surface area contributed by atoms with Crippen LogP contribution in [0.25, 0.3) is 0 Å². The molecule has 8 heteroatoms. The van der Waals surface area contributed by atoms with Crippen LogP contribution in [-0.2, 0) is 11.3 Å². The number of hydrogen-bond donors (Lipinski definition) is 2. The van der Waals surface area contributed by atoms with Gasteiger partial charge in [-0.2, -0.15) is 0 Å². The summed E-state index contributed by atoms with van der Waals surface area (Å²) in [5.41, 5.74) is 0. The summed E-state index contributed by atoms with van der Waals surface area (Å²) >= 11 is 0. The van der Waals surface area contributed by atoms with Gasteiger partial charge in [0.1, 0.15) is 0 Å². The zero-order valence-electron chi connectivity index (χ0n) is 6.21. The second kappa shape index (κ2) is 10.1. The van der Waals surface area contributed by atoms with Crippen molar-refractivity contribution in [2.24, 2.45) is 0 Å². The molecule has 6 nitrogen and oxygen atoms in total. The maximum absolute atomic E-state index is 10.1. The summed E-state index contributed by atoms with van der Waals surface area (Å²) in [6.07, 6.45) is 3.21. The Morgan fingerprint density at radius 1 is 1.50 bits per heavy atom. The molecule has 0 aliphatic carbocycles. The first-order chi connectivity index (χ1) is 5.20. The molecule has 0 aliphatic rings. The number of carboxylic acids is 1. The number of aliphatic carboxylic acids is 1. The monoisotopic (exact) mass is 222 g/mol. The molecule has 1 atom stereocenters. The third kappa shape index (κ3) is 6.97. The van der Waals surface area contributed by atoms with Gasteiger partial charge in [0, 0.05) is 12.4 Å². The molecule has 1 heterocycles. The van der Waals surface area contributed by atoms with Crippen molar-refractivity contribution in [3.8, 4) is 0 Å². The molecule has 0 saturated heterocycles. The van der Waals surface area contributed by atoms with Gasteiger partial charge in [-0.25, -0.2) is 9.78 Å². The number of imidazole rings is 1. The van der Waals surface area contributed by atoms with Gasteiger partial charge in [0.15, 0.2) is 6.10 Å². The van der Waals surface area contributed by atoms with Gasteiger partial charge in [-0.15, -0.1) is 0 Å². The van der Waals surface area contributed by atoms with Crippen LogP contribution in [0.5, 0.6) is 0 Å². The van der Waals surface area contributed by atoms with Crippen molar-refractivity contribution in [3.63, 3.8) is 0 Å². The van der Waals surface area contributed by atoms with Crippen molar-refractivity contribution in [1.29, 1.82) is 0 Å². The summed E-state index contributed by atoms with van der Waals surface area (Å²) in [7, 11) is 0. The number of nitrogens with zero attached hydrogens (tertiary/aromatic N) is 2. The molecule has 0 aromatic carbocycles. The van der Waals surface area contributed by atoms with Gasteiger partial charge in [0.05, 0.1) is 12.9 Å². The van der Waals surface area contributed by atoms with Crippen LogP contribution >= 0.6 is 0 Å². The van der Waals surface area contributed by atoms with Gasteiger partial charge in [0.2, 0.25) is 0 Å². The number of aromatic nitrogens is 2. The van der Waals surface area contributed by atoms with Gasteiger partial charge in [-0.05, 0) is 0 Å². The molecule has 4 N–H and O–H groups in total. The Morgan fingerprint density at radius 3 is 2.43 bits per heavy atom. The summed E-state index contributed by atoms with van der Waals surface area (Å²) in [4.78, 5) is 13.8. The van der Waals surface area contributed by atoms with Crippen LogP contribution in [0.4, 0.5) is 0 Å². The quantitative estimate of drug-likeness (QED) is 0.539. The summed E-state index contributed by atoms with van der Waals surface area (Å²) in [6, 6.07) is 0. The van der Waals surface area contributed by atoms with E-state index in [0.717, 1.165) is 0 Å². The van der Waals surface area contributed by atoms with E-state index in [0.29, 0.717) is 0 Å². The second-order valence-electron chi connectivity index (χ2n) is 2.11. The molecule has 0 saturated carbocycles. The van der Waals surface area contributed by atoms with Crippen molar-refractivity contribution >= 4 is 65.1 Å². The Balaban J connectivity index is -0.000000403. The zero-order chi connectivity index (χ0) is 8.27. The molecule has 14 heavy (non-hydrogen) atoms. The van der Waals surface area contributed by atoms with Crippen LogP contribution in [0.3, 0.4) is 0 Å². The zero-order valence-corrected chi connectivity index (χ0v) is 6.21. The first-order valence-corrected chi connectivity index (χ1v) is 3.07. The fourth-order valence-corrected chi connectivity index (χ4v) is 0.673. The fraction of sp³-hybridized carbons (Fsp3) is 0.333. The molecule has 1 aromatic heterocycles. The summed E-state index contributed by atoms with van der Waals surface area (Å²) in [6.45, 7) is 0.0370. The number of aliphatic hydroxyl groups is 1. The number of aliphatic hydroxyl groups excluding tert-OH is 1. The van der Waals surface area contributed by atoms with Gasteiger partial charge < -0.3 is 20.3 Å². The van der Waals surface area contributed by atoms with Crippen molar-refractivity contribution in [2.45, 2.75) is 12.6 Å². The van der Waals surface area contributed by atoms with Crippen LogP contribution in [0.15, 0.2) is 18.7 Å². The van der Waals surface area contributed by atoms with Crippen LogP contribution < -0.4 is 0 Å². The van der Waals surface area contributed by atoms with Gasteiger partial charge in [-0.1, -0.05) is 0 Å². The molecule has 1 unspecified atom stereocenters. The SMILES string of the molecule is O.O=C(O)C(O)Cn1ccnc1.[NaH].[NaH]. The van der Waals surface area contributed by atoms with Crippen LogP contribution in [-0.4, -0.2) is 96.4 Å². The number of carbonyl (C=O) groups is 1. The van der Waals surface area contributed by atoms with Gasteiger partial charge >= 0.3 is 65.1 Å². The van der Waals surface area contributed by atoms with E-state index in [-0.39, 0.29) is 71.1 Å². The molecular formula is C6H12N2Na2O4. The molecule has 0 radical (unpaired) electrons. The molecule has 0 aliphatic heterocycles. The Hall–Kier alpha value is 0.600. The normalized spacial score (nSPS) is 10.1. The minimum absolute atomic E-state index is 0. The van der Waals surface area contributed by atoms with Crippen molar-refractivity contribution in [3.05, 3.63) is 18.7 Å². The Kier molecular flexibility index (Phi) is 14.5. The topological polar surface area (TPSA) is 107 Å². The predicted octanol–water partition coefficient (Wildman–Crippen LogP) is -2.79. The number of hydrogen-bond acceptors (Lipinski definition) is 3.